The fraction of sp³-hybridized carbons (Fsp3) is 0.632. The quantitative estimate of drug-likeness (QED) is 0.820. The number of benzene rings is 1. The zero-order valence-corrected chi connectivity index (χ0v) is 13.9. The highest BCUT2D eigenvalue weighted by Gasteiger charge is 2.34. The monoisotopic (exact) mass is 317 g/mol. The van der Waals surface area contributed by atoms with Crippen LogP contribution in [-0.2, 0) is 0 Å². The number of ether oxygens (including phenoxy) is 1. The second-order valence-electron chi connectivity index (χ2n) is 7.07. The average molecular weight is 317 g/mol. The van der Waals surface area contributed by atoms with Crippen molar-refractivity contribution in [3.05, 3.63) is 29.8 Å². The van der Waals surface area contributed by atoms with Gasteiger partial charge in [0, 0.05) is 25.2 Å². The van der Waals surface area contributed by atoms with Crippen LogP contribution in [0.25, 0.3) is 0 Å². The van der Waals surface area contributed by atoms with E-state index < -0.39 is 6.10 Å². The highest BCUT2D eigenvalue weighted by Crippen LogP contribution is 2.35. The van der Waals surface area contributed by atoms with E-state index in [4.69, 9.17) is 4.74 Å². The highest BCUT2D eigenvalue weighted by molar-refractivity contribution is 5.94. The van der Waals surface area contributed by atoms with E-state index in [2.05, 4.69) is 4.90 Å². The number of hydrogen-bond donors (Lipinski definition) is 1. The Hall–Kier alpha value is -1.39. The van der Waals surface area contributed by atoms with Crippen molar-refractivity contribution in [1.82, 2.24) is 4.90 Å². The lowest BCUT2D eigenvalue weighted by molar-refractivity contribution is 0.0740. The average Bonchev–Trinajstić information content (AvgIpc) is 2.95. The van der Waals surface area contributed by atoms with Crippen molar-refractivity contribution in [3.8, 4) is 5.75 Å². The zero-order chi connectivity index (χ0) is 16.2. The van der Waals surface area contributed by atoms with Crippen LogP contribution >= 0.6 is 0 Å². The molecule has 1 N–H and O–H groups in total. The molecule has 23 heavy (non-hydrogen) atoms. The Morgan fingerprint density at radius 2 is 2.00 bits per heavy atom. The topological polar surface area (TPSA) is 49.8 Å². The Morgan fingerprint density at radius 3 is 2.65 bits per heavy atom. The Bertz CT molecular complexity index is 531. The number of carbonyl (C=O) groups is 1. The first-order valence-corrected chi connectivity index (χ1v) is 8.76. The summed E-state index contributed by atoms with van der Waals surface area (Å²) in [6, 6.07) is 7.14. The first kappa shape index (κ1) is 16.5. The minimum Gasteiger partial charge on any atom is -0.491 e. The summed E-state index contributed by atoms with van der Waals surface area (Å²) in [5, 5.41) is 10.2. The van der Waals surface area contributed by atoms with Crippen LogP contribution in [0.5, 0.6) is 5.75 Å². The number of fused-ring (bicyclic) bond motifs is 1. The molecule has 1 saturated heterocycles. The predicted octanol–water partition coefficient (Wildman–Crippen LogP) is 2.75. The fourth-order valence-corrected chi connectivity index (χ4v) is 4.00. The number of likely N-dealkylation sites (tertiary alicyclic amines) is 1. The van der Waals surface area contributed by atoms with Gasteiger partial charge in [-0.1, -0.05) is 25.0 Å². The maximum atomic E-state index is 11.4. The van der Waals surface area contributed by atoms with Crippen LogP contribution in [-0.4, -0.2) is 48.1 Å². The number of nitrogens with zero attached hydrogens (tertiary/aromatic N) is 1. The molecule has 4 nitrogen and oxygen atoms in total. The van der Waals surface area contributed by atoms with Gasteiger partial charge in [-0.3, -0.25) is 4.79 Å². The van der Waals surface area contributed by atoms with Gasteiger partial charge in [0.25, 0.3) is 0 Å². The van der Waals surface area contributed by atoms with E-state index in [1.807, 2.05) is 12.1 Å². The van der Waals surface area contributed by atoms with Crippen molar-refractivity contribution in [2.45, 2.75) is 38.7 Å². The van der Waals surface area contributed by atoms with Gasteiger partial charge in [-0.2, -0.15) is 0 Å². The van der Waals surface area contributed by atoms with Crippen molar-refractivity contribution in [2.75, 3.05) is 26.2 Å². The lowest BCUT2D eigenvalue weighted by Crippen LogP contribution is -2.34. The van der Waals surface area contributed by atoms with Gasteiger partial charge in [0.15, 0.2) is 5.78 Å². The summed E-state index contributed by atoms with van der Waals surface area (Å²) in [5.41, 5.74) is 0.639. The van der Waals surface area contributed by atoms with Gasteiger partial charge in [-0.15, -0.1) is 0 Å². The van der Waals surface area contributed by atoms with E-state index in [9.17, 15) is 9.90 Å². The summed E-state index contributed by atoms with van der Waals surface area (Å²) in [6.45, 7) is 4.75. The molecule has 0 bridgehead atoms. The van der Waals surface area contributed by atoms with E-state index in [0.717, 1.165) is 24.9 Å². The second kappa shape index (κ2) is 7.45. The predicted molar refractivity (Wildman–Crippen MR) is 89.8 cm³/mol. The van der Waals surface area contributed by atoms with Crippen molar-refractivity contribution >= 4 is 5.78 Å². The molecular formula is C19H27NO3. The summed E-state index contributed by atoms with van der Waals surface area (Å²) in [4.78, 5) is 13.8. The molecule has 2 aliphatic rings. The third-order valence-electron chi connectivity index (χ3n) is 5.20. The van der Waals surface area contributed by atoms with Crippen molar-refractivity contribution in [2.24, 2.45) is 11.8 Å². The van der Waals surface area contributed by atoms with E-state index in [0.29, 0.717) is 17.9 Å². The summed E-state index contributed by atoms with van der Waals surface area (Å²) in [6.07, 6.45) is 4.95. The number of aliphatic hydroxyl groups is 1. The second-order valence-corrected chi connectivity index (χ2v) is 7.07. The number of β-amino-alcohol motifs (C(OH)–C–C–N with tert-alkyl or cyclic N) is 1. The van der Waals surface area contributed by atoms with Crippen LogP contribution in [0, 0.1) is 11.8 Å². The molecule has 0 spiro atoms. The number of rotatable bonds is 6. The number of hydrogen-bond acceptors (Lipinski definition) is 4. The molecule has 126 valence electrons. The maximum Gasteiger partial charge on any atom is 0.159 e. The van der Waals surface area contributed by atoms with Crippen molar-refractivity contribution < 1.29 is 14.6 Å². The minimum atomic E-state index is -0.490. The zero-order valence-electron chi connectivity index (χ0n) is 13.9. The van der Waals surface area contributed by atoms with Gasteiger partial charge in [0.2, 0.25) is 0 Å². The molecule has 0 radical (unpaired) electrons. The molecule has 1 aliphatic carbocycles. The van der Waals surface area contributed by atoms with Crippen molar-refractivity contribution in [1.29, 1.82) is 0 Å². The molecule has 2 fully saturated rings. The van der Waals surface area contributed by atoms with Gasteiger partial charge < -0.3 is 14.7 Å². The van der Waals surface area contributed by atoms with Crippen molar-refractivity contribution in [3.63, 3.8) is 0 Å². The fourth-order valence-electron chi connectivity index (χ4n) is 4.00. The number of carbonyl (C=O) groups excluding carboxylic acids is 1. The number of Topliss-reactive ketones (excluding diaryl/α,β-unsaturated/α-hetero) is 1. The highest BCUT2D eigenvalue weighted by atomic mass is 16.5. The largest absolute Gasteiger partial charge is 0.491 e. The molecule has 1 aliphatic heterocycles. The van der Waals surface area contributed by atoms with Crippen LogP contribution in [0.1, 0.15) is 43.0 Å². The van der Waals surface area contributed by atoms with Gasteiger partial charge >= 0.3 is 0 Å². The Labute approximate surface area is 138 Å². The number of ketones is 1. The third kappa shape index (κ3) is 4.33. The van der Waals surface area contributed by atoms with Gasteiger partial charge in [-0.05, 0) is 43.7 Å². The molecule has 0 amide bonds. The van der Waals surface area contributed by atoms with Crippen LogP contribution in [0.3, 0.4) is 0 Å². The first-order valence-electron chi connectivity index (χ1n) is 8.76. The summed E-state index contributed by atoms with van der Waals surface area (Å²) >= 11 is 0. The molecule has 3 rings (SSSR count). The lowest BCUT2D eigenvalue weighted by Gasteiger charge is -2.23. The summed E-state index contributed by atoms with van der Waals surface area (Å²) < 4.78 is 5.66. The van der Waals surface area contributed by atoms with Crippen LogP contribution < -0.4 is 4.74 Å². The van der Waals surface area contributed by atoms with E-state index in [-0.39, 0.29) is 12.4 Å². The lowest BCUT2D eigenvalue weighted by atomic mass is 9.82. The van der Waals surface area contributed by atoms with Crippen LogP contribution in [0.2, 0.25) is 0 Å². The molecule has 1 aromatic rings. The SMILES string of the molecule is CC(=O)c1cccc(OCC(O)CN2CC3CCCCC3C2)c1. The molecule has 0 aromatic heterocycles. The van der Waals surface area contributed by atoms with E-state index >= 15 is 0 Å². The minimum absolute atomic E-state index is 0.0238. The smallest absolute Gasteiger partial charge is 0.159 e. The normalized spacial score (nSPS) is 25.8. The Balaban J connectivity index is 1.45. The molecule has 3 atom stereocenters. The molecule has 1 heterocycles. The van der Waals surface area contributed by atoms with E-state index in [1.54, 1.807) is 19.1 Å². The van der Waals surface area contributed by atoms with Gasteiger partial charge in [0.05, 0.1) is 0 Å². The van der Waals surface area contributed by atoms with Gasteiger partial charge in [-0.25, -0.2) is 0 Å². The summed E-state index contributed by atoms with van der Waals surface area (Å²) in [7, 11) is 0. The molecular weight excluding hydrogens is 290 g/mol. The molecule has 1 saturated carbocycles. The molecule has 3 unspecified atom stereocenters. The van der Waals surface area contributed by atoms with Gasteiger partial charge in [0.1, 0.15) is 18.5 Å². The van der Waals surface area contributed by atoms with Crippen LogP contribution in [0.4, 0.5) is 0 Å². The van der Waals surface area contributed by atoms with Crippen LogP contribution in [0.15, 0.2) is 24.3 Å². The summed E-state index contributed by atoms with van der Waals surface area (Å²) in [5.74, 6) is 2.34. The Kier molecular flexibility index (Phi) is 5.34. The third-order valence-corrected chi connectivity index (χ3v) is 5.20. The Morgan fingerprint density at radius 1 is 1.30 bits per heavy atom. The molecule has 1 aromatic carbocycles. The first-order chi connectivity index (χ1) is 11.1. The number of aliphatic hydroxyl groups excluding tert-OH is 1. The maximum absolute atomic E-state index is 11.4. The molecule has 4 heteroatoms. The van der Waals surface area contributed by atoms with E-state index in [1.165, 1.54) is 25.7 Å². The standard InChI is InChI=1S/C19H27NO3/c1-14(21)15-7-4-8-19(9-15)23-13-18(22)12-20-10-16-5-2-3-6-17(16)11-20/h4,7-9,16-18,22H,2-3,5-6,10-13H2,1H3.